The fourth-order valence-corrected chi connectivity index (χ4v) is 4.12. The molecule has 4 rings (SSSR count). The predicted molar refractivity (Wildman–Crippen MR) is 163 cm³/mol. The van der Waals surface area contributed by atoms with Gasteiger partial charge in [0, 0.05) is 53.5 Å². The highest BCUT2D eigenvalue weighted by Crippen LogP contribution is 2.35. The van der Waals surface area contributed by atoms with Crippen LogP contribution in [0, 0.1) is 12.3 Å². The molecule has 11 heteroatoms. The molecule has 1 aromatic heterocycles. The highest BCUT2D eigenvalue weighted by atomic mass is 16.5. The number of carbonyl (C=O) groups is 2. The molecule has 0 saturated heterocycles. The van der Waals surface area contributed by atoms with Crippen molar-refractivity contribution in [3.8, 4) is 23.8 Å². The molecular formula is C32H32N4O7. The summed E-state index contributed by atoms with van der Waals surface area (Å²) < 4.78 is 21.9. The van der Waals surface area contributed by atoms with E-state index in [2.05, 4.69) is 26.9 Å². The molecule has 4 N–H and O–H groups in total. The van der Waals surface area contributed by atoms with Gasteiger partial charge in [-0.2, -0.15) is 0 Å². The number of anilines is 3. The SMILES string of the molecule is C#Cc1cc(Nc2cc(Oc3ccc(NC(=O)O)c4ccccc34)ccn2)cc(C(=O)NCCOCCOCCOC)c1. The van der Waals surface area contributed by atoms with Gasteiger partial charge in [-0.05, 0) is 36.4 Å². The minimum atomic E-state index is -1.15. The lowest BCUT2D eigenvalue weighted by molar-refractivity contribution is 0.0255. The van der Waals surface area contributed by atoms with Crippen LogP contribution in [0.5, 0.6) is 11.5 Å². The van der Waals surface area contributed by atoms with Crippen LogP contribution in [0.3, 0.4) is 0 Å². The Morgan fingerprint density at radius 1 is 0.930 bits per heavy atom. The molecule has 2 amide bonds. The Morgan fingerprint density at radius 2 is 1.70 bits per heavy atom. The van der Waals surface area contributed by atoms with Gasteiger partial charge >= 0.3 is 6.09 Å². The molecule has 0 aliphatic heterocycles. The fourth-order valence-electron chi connectivity index (χ4n) is 4.12. The van der Waals surface area contributed by atoms with Crippen molar-refractivity contribution in [3.63, 3.8) is 0 Å². The Balaban J connectivity index is 1.40. The molecule has 0 fully saturated rings. The van der Waals surface area contributed by atoms with Gasteiger partial charge in [0.2, 0.25) is 0 Å². The third-order valence-electron chi connectivity index (χ3n) is 6.05. The number of benzene rings is 3. The molecule has 11 nitrogen and oxygen atoms in total. The van der Waals surface area contributed by atoms with Gasteiger partial charge < -0.3 is 34.7 Å². The van der Waals surface area contributed by atoms with Crippen molar-refractivity contribution >= 4 is 40.0 Å². The summed E-state index contributed by atoms with van der Waals surface area (Å²) in [5.74, 6) is 3.79. The van der Waals surface area contributed by atoms with Gasteiger partial charge in [-0.3, -0.25) is 10.1 Å². The van der Waals surface area contributed by atoms with Crippen molar-refractivity contribution in [1.82, 2.24) is 10.3 Å². The molecule has 222 valence electrons. The molecule has 43 heavy (non-hydrogen) atoms. The topological polar surface area (TPSA) is 140 Å². The molecule has 0 aliphatic rings. The number of amides is 2. The van der Waals surface area contributed by atoms with Crippen LogP contribution >= 0.6 is 0 Å². The van der Waals surface area contributed by atoms with E-state index < -0.39 is 6.09 Å². The smallest absolute Gasteiger partial charge is 0.409 e. The number of ether oxygens (including phenoxy) is 4. The summed E-state index contributed by atoms with van der Waals surface area (Å²) in [5, 5.41) is 19.0. The fraction of sp³-hybridized carbons (Fsp3) is 0.219. The zero-order valence-corrected chi connectivity index (χ0v) is 23.6. The van der Waals surface area contributed by atoms with E-state index in [1.165, 1.54) is 0 Å². The Bertz CT molecular complexity index is 1600. The number of methoxy groups -OCH3 is 1. The second-order valence-electron chi connectivity index (χ2n) is 9.11. The lowest BCUT2D eigenvalue weighted by Crippen LogP contribution is -2.27. The van der Waals surface area contributed by atoms with E-state index in [-0.39, 0.29) is 5.91 Å². The minimum Gasteiger partial charge on any atom is -0.465 e. The van der Waals surface area contributed by atoms with Crippen LogP contribution in [0.15, 0.2) is 72.9 Å². The normalized spacial score (nSPS) is 10.6. The minimum absolute atomic E-state index is 0.294. The largest absolute Gasteiger partial charge is 0.465 e. The standard InChI is InChI=1S/C32H32N4O7/c1-3-22-18-23(31(37)34-12-13-41-16-17-42-15-14-40-2)20-24(19-22)35-30-21-25(10-11-33-30)43-29-9-8-28(36-32(38)39)26-6-4-5-7-27(26)29/h1,4-11,18-21,36H,12-17H2,2H3,(H,33,35)(H,34,37)(H,38,39). The number of hydrogen-bond acceptors (Lipinski definition) is 8. The molecule has 1 heterocycles. The maximum absolute atomic E-state index is 12.8. The van der Waals surface area contributed by atoms with Crippen LogP contribution in [0.2, 0.25) is 0 Å². The molecule has 0 unspecified atom stereocenters. The molecule has 0 atom stereocenters. The number of hydrogen-bond donors (Lipinski definition) is 4. The Labute approximate surface area is 249 Å². The third-order valence-corrected chi connectivity index (χ3v) is 6.05. The first-order valence-corrected chi connectivity index (χ1v) is 13.4. The number of aromatic nitrogens is 1. The van der Waals surface area contributed by atoms with Crippen molar-refractivity contribution in [2.75, 3.05) is 57.3 Å². The van der Waals surface area contributed by atoms with Crippen molar-refractivity contribution in [2.24, 2.45) is 0 Å². The monoisotopic (exact) mass is 584 g/mol. The molecule has 4 aromatic rings. The van der Waals surface area contributed by atoms with Gasteiger partial charge in [0.05, 0.1) is 38.7 Å². The summed E-state index contributed by atoms with van der Waals surface area (Å²) in [6, 6.07) is 19.1. The number of carboxylic acid groups (broad SMARTS) is 1. The van der Waals surface area contributed by atoms with Crippen LogP contribution in [0.4, 0.5) is 22.0 Å². The number of fused-ring (bicyclic) bond motifs is 1. The van der Waals surface area contributed by atoms with Crippen LogP contribution in [0.25, 0.3) is 10.8 Å². The van der Waals surface area contributed by atoms with E-state index in [9.17, 15) is 9.59 Å². The molecule has 0 bridgehead atoms. The van der Waals surface area contributed by atoms with E-state index in [1.807, 2.05) is 24.3 Å². The molecule has 0 aliphatic carbocycles. The average molecular weight is 585 g/mol. The number of carbonyl (C=O) groups excluding carboxylic acids is 1. The molecular weight excluding hydrogens is 552 g/mol. The predicted octanol–water partition coefficient (Wildman–Crippen LogP) is 5.25. The highest BCUT2D eigenvalue weighted by Gasteiger charge is 2.12. The van der Waals surface area contributed by atoms with Crippen molar-refractivity contribution in [2.45, 2.75) is 0 Å². The van der Waals surface area contributed by atoms with Gasteiger partial charge in [-0.1, -0.05) is 30.2 Å². The first-order valence-electron chi connectivity index (χ1n) is 13.4. The van der Waals surface area contributed by atoms with Gasteiger partial charge in [-0.15, -0.1) is 6.42 Å². The number of pyridine rings is 1. The van der Waals surface area contributed by atoms with E-state index in [1.54, 1.807) is 55.8 Å². The number of rotatable bonds is 15. The first-order chi connectivity index (χ1) is 21.0. The summed E-state index contributed by atoms with van der Waals surface area (Å²) in [7, 11) is 1.61. The Morgan fingerprint density at radius 3 is 2.47 bits per heavy atom. The van der Waals surface area contributed by atoms with Gasteiger partial charge in [0.15, 0.2) is 0 Å². The molecule has 0 saturated carbocycles. The van der Waals surface area contributed by atoms with E-state index in [0.29, 0.717) is 84.8 Å². The number of nitrogens with zero attached hydrogens (tertiary/aromatic N) is 1. The van der Waals surface area contributed by atoms with Crippen molar-refractivity contribution in [3.05, 3.63) is 84.1 Å². The summed E-state index contributed by atoms with van der Waals surface area (Å²) in [6.45, 7) is 2.56. The summed E-state index contributed by atoms with van der Waals surface area (Å²) in [6.07, 6.45) is 6.09. The molecule has 0 spiro atoms. The Kier molecular flexibility index (Phi) is 11.3. The van der Waals surface area contributed by atoms with Gasteiger partial charge in [-0.25, -0.2) is 9.78 Å². The maximum Gasteiger partial charge on any atom is 0.409 e. The van der Waals surface area contributed by atoms with Gasteiger partial charge in [0.1, 0.15) is 17.3 Å². The molecule has 3 aromatic carbocycles. The summed E-state index contributed by atoms with van der Waals surface area (Å²) >= 11 is 0. The van der Waals surface area contributed by atoms with Crippen molar-refractivity contribution in [1.29, 1.82) is 0 Å². The lowest BCUT2D eigenvalue weighted by atomic mass is 10.1. The summed E-state index contributed by atoms with van der Waals surface area (Å²) in [4.78, 5) is 28.4. The van der Waals surface area contributed by atoms with Crippen molar-refractivity contribution < 1.29 is 33.6 Å². The highest BCUT2D eigenvalue weighted by molar-refractivity contribution is 6.02. The van der Waals surface area contributed by atoms with E-state index in [0.717, 1.165) is 5.39 Å². The average Bonchev–Trinajstić information content (AvgIpc) is 3.01. The quantitative estimate of drug-likeness (QED) is 0.109. The molecule has 0 radical (unpaired) electrons. The third kappa shape index (κ3) is 9.17. The van der Waals surface area contributed by atoms with Gasteiger partial charge in [0.25, 0.3) is 5.91 Å². The second kappa shape index (κ2) is 15.7. The van der Waals surface area contributed by atoms with Crippen LogP contribution in [0.1, 0.15) is 15.9 Å². The Hall–Kier alpha value is -5.15. The summed E-state index contributed by atoms with van der Waals surface area (Å²) in [5.41, 5.74) is 1.93. The van der Waals surface area contributed by atoms with Crippen LogP contribution < -0.4 is 20.7 Å². The first kappa shape index (κ1) is 30.8. The number of terminal acetylenes is 1. The zero-order chi connectivity index (χ0) is 30.4. The van der Waals surface area contributed by atoms with E-state index in [4.69, 9.17) is 30.5 Å². The zero-order valence-electron chi connectivity index (χ0n) is 23.6. The lowest BCUT2D eigenvalue weighted by Gasteiger charge is -2.13. The van der Waals surface area contributed by atoms with E-state index >= 15 is 0 Å². The number of nitrogens with one attached hydrogen (secondary N) is 3. The maximum atomic E-state index is 12.8. The second-order valence-corrected chi connectivity index (χ2v) is 9.11. The van der Waals surface area contributed by atoms with Crippen LogP contribution in [-0.4, -0.2) is 68.8 Å². The van der Waals surface area contributed by atoms with Crippen LogP contribution in [-0.2, 0) is 14.2 Å².